The van der Waals surface area contributed by atoms with Crippen molar-refractivity contribution >= 4 is 10.0 Å². The van der Waals surface area contributed by atoms with Gasteiger partial charge in [-0.25, -0.2) is 13.1 Å². The van der Waals surface area contributed by atoms with Gasteiger partial charge in [-0.15, -0.1) is 10.2 Å². The number of halogens is 2. The molecule has 0 saturated carbocycles. The average Bonchev–Trinajstić information content (AvgIpc) is 2.86. The van der Waals surface area contributed by atoms with Gasteiger partial charge in [-0.05, 0) is 17.7 Å². The molecular formula is C11H11F2N3O3S. The maximum atomic E-state index is 12.4. The quantitative estimate of drug-likeness (QED) is 0.909. The zero-order valence-corrected chi connectivity index (χ0v) is 11.2. The van der Waals surface area contributed by atoms with Crippen LogP contribution in [0.5, 0.6) is 0 Å². The molecule has 0 aliphatic carbocycles. The topological polar surface area (TPSA) is 85.1 Å². The van der Waals surface area contributed by atoms with Crippen LogP contribution in [-0.2, 0) is 16.6 Å². The van der Waals surface area contributed by atoms with E-state index < -0.39 is 22.3 Å². The van der Waals surface area contributed by atoms with Gasteiger partial charge in [0, 0.05) is 12.1 Å². The number of sulfonamides is 1. The van der Waals surface area contributed by atoms with Gasteiger partial charge in [-0.3, -0.25) is 0 Å². The molecule has 0 aliphatic heterocycles. The number of aromatic nitrogens is 2. The van der Waals surface area contributed by atoms with Gasteiger partial charge >= 0.3 is 6.43 Å². The summed E-state index contributed by atoms with van der Waals surface area (Å²) in [6.45, 7) is 0.0858. The molecule has 0 atom stereocenters. The Kier molecular flexibility index (Phi) is 4.09. The Labute approximate surface area is 113 Å². The minimum atomic E-state index is -3.31. The Hall–Kier alpha value is -1.87. The lowest BCUT2D eigenvalue weighted by Gasteiger charge is -2.03. The van der Waals surface area contributed by atoms with Crippen molar-refractivity contribution < 1.29 is 21.6 Å². The molecule has 2 aromatic rings. The van der Waals surface area contributed by atoms with Crippen LogP contribution in [0.15, 0.2) is 28.7 Å². The number of alkyl halides is 2. The van der Waals surface area contributed by atoms with Crippen molar-refractivity contribution in [2.24, 2.45) is 0 Å². The van der Waals surface area contributed by atoms with Crippen LogP contribution < -0.4 is 4.72 Å². The van der Waals surface area contributed by atoms with Crippen LogP contribution >= 0.6 is 0 Å². The van der Waals surface area contributed by atoms with Crippen LogP contribution in [0, 0.1) is 0 Å². The fraction of sp³-hybridized carbons (Fsp3) is 0.273. The lowest BCUT2D eigenvalue weighted by Crippen LogP contribution is -2.21. The summed E-state index contributed by atoms with van der Waals surface area (Å²) in [5.74, 6) is -0.791. The van der Waals surface area contributed by atoms with Crippen LogP contribution in [0.3, 0.4) is 0 Å². The smallest absolute Gasteiger partial charge is 0.314 e. The number of hydrogen-bond acceptors (Lipinski definition) is 5. The molecular weight excluding hydrogens is 292 g/mol. The fourth-order valence-corrected chi connectivity index (χ4v) is 1.90. The van der Waals surface area contributed by atoms with Crippen molar-refractivity contribution in [2.45, 2.75) is 13.0 Å². The highest BCUT2D eigenvalue weighted by atomic mass is 32.2. The van der Waals surface area contributed by atoms with Gasteiger partial charge in [-0.1, -0.05) is 12.1 Å². The summed E-state index contributed by atoms with van der Waals surface area (Å²) >= 11 is 0. The third-order valence-corrected chi connectivity index (χ3v) is 3.01. The number of rotatable bonds is 5. The zero-order chi connectivity index (χ0) is 14.8. The van der Waals surface area contributed by atoms with Gasteiger partial charge in [0.1, 0.15) is 0 Å². The van der Waals surface area contributed by atoms with E-state index >= 15 is 0 Å². The first kappa shape index (κ1) is 14.5. The lowest BCUT2D eigenvalue weighted by molar-refractivity contribution is 0.116. The average molecular weight is 303 g/mol. The number of hydrogen-bond donors (Lipinski definition) is 1. The van der Waals surface area contributed by atoms with Crippen molar-refractivity contribution in [1.82, 2.24) is 14.9 Å². The van der Waals surface area contributed by atoms with Gasteiger partial charge in [0.25, 0.3) is 5.89 Å². The second kappa shape index (κ2) is 5.63. The molecule has 1 aromatic carbocycles. The maximum Gasteiger partial charge on any atom is 0.314 e. The zero-order valence-electron chi connectivity index (χ0n) is 10.4. The highest BCUT2D eigenvalue weighted by Gasteiger charge is 2.17. The molecule has 0 fully saturated rings. The SMILES string of the molecule is CS(=O)(=O)NCc1cccc(-c2nnc(C(F)F)o2)c1. The molecule has 20 heavy (non-hydrogen) atoms. The molecule has 1 aromatic heterocycles. The second-order valence-corrected chi connectivity index (χ2v) is 5.87. The molecule has 0 spiro atoms. The minimum Gasteiger partial charge on any atom is -0.415 e. The molecule has 0 unspecified atom stereocenters. The predicted molar refractivity (Wildman–Crippen MR) is 66.4 cm³/mol. The predicted octanol–water partition coefficient (Wildman–Crippen LogP) is 1.72. The van der Waals surface area contributed by atoms with Gasteiger partial charge < -0.3 is 4.42 Å². The largest absolute Gasteiger partial charge is 0.415 e. The summed E-state index contributed by atoms with van der Waals surface area (Å²) < 4.78 is 53.9. The third kappa shape index (κ3) is 3.81. The van der Waals surface area contributed by atoms with E-state index in [0.29, 0.717) is 11.1 Å². The monoisotopic (exact) mass is 303 g/mol. The molecule has 1 heterocycles. The van der Waals surface area contributed by atoms with Crippen molar-refractivity contribution in [2.75, 3.05) is 6.26 Å². The summed E-state index contributed by atoms with van der Waals surface area (Å²) in [7, 11) is -3.31. The van der Waals surface area contributed by atoms with E-state index in [1.165, 1.54) is 0 Å². The van der Waals surface area contributed by atoms with Crippen LogP contribution in [0.2, 0.25) is 0 Å². The van der Waals surface area contributed by atoms with Crippen molar-refractivity contribution in [3.8, 4) is 11.5 Å². The Morgan fingerprint density at radius 3 is 2.70 bits per heavy atom. The van der Waals surface area contributed by atoms with E-state index in [-0.39, 0.29) is 12.4 Å². The molecule has 0 bridgehead atoms. The lowest BCUT2D eigenvalue weighted by atomic mass is 10.1. The van der Waals surface area contributed by atoms with Crippen LogP contribution in [0.1, 0.15) is 17.9 Å². The summed E-state index contributed by atoms with van der Waals surface area (Å²) in [6.07, 6.45) is -1.78. The first-order valence-corrected chi connectivity index (χ1v) is 7.40. The van der Waals surface area contributed by atoms with E-state index in [0.717, 1.165) is 6.26 Å². The molecule has 0 radical (unpaired) electrons. The van der Waals surface area contributed by atoms with Gasteiger partial charge in [0.15, 0.2) is 0 Å². The Bertz CT molecular complexity index is 700. The molecule has 0 amide bonds. The number of nitrogens with one attached hydrogen (secondary N) is 1. The first-order chi connectivity index (χ1) is 9.35. The fourth-order valence-electron chi connectivity index (χ4n) is 1.47. The van der Waals surface area contributed by atoms with Crippen molar-refractivity contribution in [1.29, 1.82) is 0 Å². The number of nitrogens with zero attached hydrogens (tertiary/aromatic N) is 2. The highest BCUT2D eigenvalue weighted by molar-refractivity contribution is 7.88. The molecule has 0 aliphatic rings. The van der Waals surface area contributed by atoms with E-state index in [2.05, 4.69) is 14.9 Å². The Morgan fingerprint density at radius 1 is 1.35 bits per heavy atom. The first-order valence-electron chi connectivity index (χ1n) is 5.50. The van der Waals surface area contributed by atoms with Crippen LogP contribution in [0.4, 0.5) is 8.78 Å². The summed E-state index contributed by atoms with van der Waals surface area (Å²) in [5, 5.41) is 6.75. The van der Waals surface area contributed by atoms with Crippen LogP contribution in [-0.4, -0.2) is 24.9 Å². The van der Waals surface area contributed by atoms with Gasteiger partial charge in [0.05, 0.1) is 6.26 Å². The van der Waals surface area contributed by atoms with E-state index in [1.807, 2.05) is 0 Å². The molecule has 108 valence electrons. The maximum absolute atomic E-state index is 12.4. The van der Waals surface area contributed by atoms with Crippen molar-refractivity contribution in [3.63, 3.8) is 0 Å². The number of benzene rings is 1. The highest BCUT2D eigenvalue weighted by Crippen LogP contribution is 2.23. The summed E-state index contributed by atoms with van der Waals surface area (Å²) in [5.41, 5.74) is 1.09. The van der Waals surface area contributed by atoms with Gasteiger partial charge in [0.2, 0.25) is 15.9 Å². The molecule has 6 nitrogen and oxygen atoms in total. The summed E-state index contributed by atoms with van der Waals surface area (Å²) in [6, 6.07) is 6.51. The van der Waals surface area contributed by atoms with E-state index in [4.69, 9.17) is 4.42 Å². The van der Waals surface area contributed by atoms with Crippen LogP contribution in [0.25, 0.3) is 11.5 Å². The second-order valence-electron chi connectivity index (χ2n) is 4.04. The third-order valence-electron chi connectivity index (χ3n) is 2.34. The normalized spacial score (nSPS) is 12.0. The molecule has 2 rings (SSSR count). The molecule has 9 heteroatoms. The van der Waals surface area contributed by atoms with Gasteiger partial charge in [-0.2, -0.15) is 8.78 Å². The Balaban J connectivity index is 2.20. The molecule has 0 saturated heterocycles. The molecule has 1 N–H and O–H groups in total. The minimum absolute atomic E-state index is 0.0403. The Morgan fingerprint density at radius 2 is 2.10 bits per heavy atom. The summed E-state index contributed by atoms with van der Waals surface area (Å²) in [4.78, 5) is 0. The van der Waals surface area contributed by atoms with Crippen molar-refractivity contribution in [3.05, 3.63) is 35.7 Å². The van der Waals surface area contributed by atoms with E-state index in [9.17, 15) is 17.2 Å². The van der Waals surface area contributed by atoms with E-state index in [1.54, 1.807) is 24.3 Å². The standard InChI is InChI=1S/C11H11F2N3O3S/c1-20(17,18)14-6-7-3-2-4-8(5-7)10-15-16-11(19-10)9(12)13/h2-5,9,14H,6H2,1H3.